The van der Waals surface area contributed by atoms with Gasteiger partial charge < -0.3 is 15.1 Å². The van der Waals surface area contributed by atoms with E-state index in [1.165, 1.54) is 0 Å². The summed E-state index contributed by atoms with van der Waals surface area (Å²) in [6, 6.07) is 7.79. The molecular formula is C21H26BrN5O2. The minimum absolute atomic E-state index is 0.0330. The Morgan fingerprint density at radius 2 is 2.14 bits per heavy atom. The lowest BCUT2D eigenvalue weighted by Crippen LogP contribution is -2.48. The molecule has 1 aromatic heterocycles. The fourth-order valence-corrected chi connectivity index (χ4v) is 4.47. The highest BCUT2D eigenvalue weighted by molar-refractivity contribution is 9.10. The molecule has 2 aliphatic rings. The third kappa shape index (κ3) is 4.03. The van der Waals surface area contributed by atoms with Crippen LogP contribution in [0.1, 0.15) is 35.7 Å². The number of anilines is 1. The highest BCUT2D eigenvalue weighted by atomic mass is 79.9. The molecule has 29 heavy (non-hydrogen) atoms. The zero-order valence-electron chi connectivity index (χ0n) is 16.8. The van der Waals surface area contributed by atoms with Crippen LogP contribution in [-0.2, 0) is 17.3 Å². The molecule has 7 nitrogen and oxygen atoms in total. The van der Waals surface area contributed by atoms with Crippen LogP contribution in [0.2, 0.25) is 0 Å². The molecule has 4 rings (SSSR count). The summed E-state index contributed by atoms with van der Waals surface area (Å²) in [4.78, 5) is 29.2. The molecule has 0 saturated heterocycles. The number of hydrogen-bond donors (Lipinski definition) is 1. The highest BCUT2D eigenvalue weighted by Crippen LogP contribution is 2.52. The number of halogens is 1. The van der Waals surface area contributed by atoms with Gasteiger partial charge in [0.25, 0.3) is 5.91 Å². The maximum Gasteiger partial charge on any atom is 0.254 e. The molecule has 1 aromatic carbocycles. The number of carbonyl (C=O) groups is 2. The van der Waals surface area contributed by atoms with Crippen molar-refractivity contribution in [2.45, 2.75) is 25.2 Å². The van der Waals surface area contributed by atoms with Crippen LogP contribution in [0.15, 0.2) is 34.9 Å². The standard InChI is InChI=1S/C21H26BrN5O2/c1-3-26(18-6-10-25(2)24-18)11-9-23-19(28)13-27-14-21(7-8-21)17-12-15(22)4-5-16(17)20(27)29/h4-6,10,12H,3,7-9,11,13-14H2,1-2H3,(H,23,28). The van der Waals surface area contributed by atoms with E-state index in [9.17, 15) is 9.59 Å². The molecule has 1 spiro atoms. The molecular weight excluding hydrogens is 434 g/mol. The van der Waals surface area contributed by atoms with Gasteiger partial charge in [0, 0.05) is 60.9 Å². The van der Waals surface area contributed by atoms with E-state index in [1.807, 2.05) is 31.4 Å². The number of aryl methyl sites for hydroxylation is 1. The Hall–Kier alpha value is -2.35. The number of nitrogens with one attached hydrogen (secondary N) is 1. The molecule has 1 fully saturated rings. The second-order valence-corrected chi connectivity index (χ2v) is 8.82. The van der Waals surface area contributed by atoms with Gasteiger partial charge in [0.2, 0.25) is 5.91 Å². The Kier molecular flexibility index (Phi) is 5.38. The molecule has 0 radical (unpaired) electrons. The van der Waals surface area contributed by atoms with Crippen LogP contribution in [0.4, 0.5) is 5.82 Å². The number of rotatable bonds is 7. The van der Waals surface area contributed by atoms with E-state index in [0.717, 1.165) is 40.8 Å². The summed E-state index contributed by atoms with van der Waals surface area (Å²) in [5.41, 5.74) is 1.89. The smallest absolute Gasteiger partial charge is 0.254 e. The summed E-state index contributed by atoms with van der Waals surface area (Å²) in [6.07, 6.45) is 4.04. The fourth-order valence-electron chi connectivity index (χ4n) is 4.11. The molecule has 8 heteroatoms. The summed E-state index contributed by atoms with van der Waals surface area (Å²) in [5.74, 6) is 0.726. The molecule has 2 aromatic rings. The number of carbonyl (C=O) groups excluding carboxylic acids is 2. The van der Waals surface area contributed by atoms with E-state index >= 15 is 0 Å². The van der Waals surface area contributed by atoms with Crippen LogP contribution in [0.5, 0.6) is 0 Å². The predicted octanol–water partition coefficient (Wildman–Crippen LogP) is 2.31. The van der Waals surface area contributed by atoms with Crippen LogP contribution >= 0.6 is 15.9 Å². The molecule has 1 aliphatic heterocycles. The van der Waals surface area contributed by atoms with E-state index < -0.39 is 0 Å². The minimum atomic E-state index is -0.119. The molecule has 2 amide bonds. The van der Waals surface area contributed by atoms with Gasteiger partial charge in [0.05, 0.1) is 6.54 Å². The van der Waals surface area contributed by atoms with Crippen molar-refractivity contribution in [3.63, 3.8) is 0 Å². The minimum Gasteiger partial charge on any atom is -0.354 e. The van der Waals surface area contributed by atoms with Gasteiger partial charge in [-0.2, -0.15) is 5.10 Å². The van der Waals surface area contributed by atoms with Gasteiger partial charge in [-0.15, -0.1) is 0 Å². The topological polar surface area (TPSA) is 70.5 Å². The van der Waals surface area contributed by atoms with E-state index in [4.69, 9.17) is 0 Å². The van der Waals surface area contributed by atoms with E-state index in [1.54, 1.807) is 9.58 Å². The summed E-state index contributed by atoms with van der Waals surface area (Å²) in [6.45, 7) is 4.79. The molecule has 1 aliphatic carbocycles. The monoisotopic (exact) mass is 459 g/mol. The Morgan fingerprint density at radius 1 is 1.34 bits per heavy atom. The first-order valence-electron chi connectivity index (χ1n) is 10.0. The Labute approximate surface area is 179 Å². The number of nitrogens with zero attached hydrogens (tertiary/aromatic N) is 4. The third-order valence-electron chi connectivity index (χ3n) is 5.86. The lowest BCUT2D eigenvalue weighted by atomic mass is 9.86. The second kappa shape index (κ2) is 7.82. The first kappa shape index (κ1) is 19.9. The van der Waals surface area contributed by atoms with Crippen molar-refractivity contribution in [1.82, 2.24) is 20.0 Å². The zero-order valence-corrected chi connectivity index (χ0v) is 18.4. The predicted molar refractivity (Wildman–Crippen MR) is 115 cm³/mol. The lowest BCUT2D eigenvalue weighted by molar-refractivity contribution is -0.121. The third-order valence-corrected chi connectivity index (χ3v) is 6.35. The quantitative estimate of drug-likeness (QED) is 0.689. The summed E-state index contributed by atoms with van der Waals surface area (Å²) < 4.78 is 2.76. The van der Waals surface area contributed by atoms with Crippen molar-refractivity contribution >= 4 is 33.6 Å². The summed E-state index contributed by atoms with van der Waals surface area (Å²) in [5, 5.41) is 7.36. The Bertz CT molecular complexity index is 937. The largest absolute Gasteiger partial charge is 0.354 e. The lowest BCUT2D eigenvalue weighted by Gasteiger charge is -2.34. The van der Waals surface area contributed by atoms with Gasteiger partial charge in [0.15, 0.2) is 5.82 Å². The fraction of sp³-hybridized carbons (Fsp3) is 0.476. The van der Waals surface area contributed by atoms with Crippen LogP contribution in [0, 0.1) is 0 Å². The first-order chi connectivity index (χ1) is 13.9. The molecule has 0 atom stereocenters. The maximum absolute atomic E-state index is 12.9. The van der Waals surface area contributed by atoms with Gasteiger partial charge in [-0.05, 0) is 43.5 Å². The number of amides is 2. The number of hydrogen-bond acceptors (Lipinski definition) is 4. The van der Waals surface area contributed by atoms with Gasteiger partial charge in [-0.25, -0.2) is 0 Å². The van der Waals surface area contributed by atoms with Crippen LogP contribution < -0.4 is 10.2 Å². The second-order valence-electron chi connectivity index (χ2n) is 7.91. The summed E-state index contributed by atoms with van der Waals surface area (Å²) >= 11 is 3.51. The van der Waals surface area contributed by atoms with E-state index in [-0.39, 0.29) is 23.8 Å². The molecule has 1 N–H and O–H groups in total. The SMILES string of the molecule is CCN(CCNC(=O)CN1CC2(CC2)c2cc(Br)ccc2C1=O)c1ccn(C)n1. The number of likely N-dealkylation sites (N-methyl/N-ethyl adjacent to an activating group) is 1. The number of aromatic nitrogens is 2. The molecule has 2 heterocycles. The van der Waals surface area contributed by atoms with Crippen LogP contribution in [0.25, 0.3) is 0 Å². The van der Waals surface area contributed by atoms with Crippen molar-refractivity contribution in [3.05, 3.63) is 46.1 Å². The van der Waals surface area contributed by atoms with E-state index in [0.29, 0.717) is 19.6 Å². The number of benzene rings is 1. The Morgan fingerprint density at radius 3 is 2.79 bits per heavy atom. The van der Waals surface area contributed by atoms with Gasteiger partial charge in [-0.3, -0.25) is 14.3 Å². The average Bonchev–Trinajstić information content (AvgIpc) is 3.34. The highest BCUT2D eigenvalue weighted by Gasteiger charge is 2.51. The first-order valence-corrected chi connectivity index (χ1v) is 10.8. The van der Waals surface area contributed by atoms with Gasteiger partial charge >= 0.3 is 0 Å². The van der Waals surface area contributed by atoms with Crippen molar-refractivity contribution < 1.29 is 9.59 Å². The van der Waals surface area contributed by atoms with Crippen LogP contribution in [0.3, 0.4) is 0 Å². The van der Waals surface area contributed by atoms with Crippen molar-refractivity contribution in [2.75, 3.05) is 37.6 Å². The number of fused-ring (bicyclic) bond motifs is 2. The zero-order chi connectivity index (χ0) is 20.6. The van der Waals surface area contributed by atoms with Crippen molar-refractivity contribution in [3.8, 4) is 0 Å². The van der Waals surface area contributed by atoms with Gasteiger partial charge in [-0.1, -0.05) is 15.9 Å². The van der Waals surface area contributed by atoms with Gasteiger partial charge in [0.1, 0.15) is 0 Å². The average molecular weight is 460 g/mol. The van der Waals surface area contributed by atoms with E-state index in [2.05, 4.69) is 44.2 Å². The maximum atomic E-state index is 12.9. The van der Waals surface area contributed by atoms with Crippen LogP contribution in [-0.4, -0.2) is 59.2 Å². The molecule has 1 saturated carbocycles. The summed E-state index contributed by atoms with van der Waals surface area (Å²) in [7, 11) is 1.89. The molecule has 154 valence electrons. The molecule has 0 unspecified atom stereocenters. The van der Waals surface area contributed by atoms with Crippen molar-refractivity contribution in [2.24, 2.45) is 7.05 Å². The van der Waals surface area contributed by atoms with Crippen molar-refractivity contribution in [1.29, 1.82) is 0 Å². The Balaban J connectivity index is 1.34. The normalized spacial score (nSPS) is 16.7. The molecule has 0 bridgehead atoms.